The number of nitrogens with zero attached hydrogens (tertiary/aromatic N) is 1. The number of nitrogens with one attached hydrogen (secondary N) is 1. The third kappa shape index (κ3) is 2.80. The van der Waals surface area contributed by atoms with Gasteiger partial charge in [-0.15, -0.1) is 0 Å². The van der Waals surface area contributed by atoms with Gasteiger partial charge < -0.3 is 5.32 Å². The van der Waals surface area contributed by atoms with Gasteiger partial charge in [-0.1, -0.05) is 22.9 Å². The molecule has 1 heterocycles. The first-order valence-electron chi connectivity index (χ1n) is 4.50. The summed E-state index contributed by atoms with van der Waals surface area (Å²) in [4.78, 5) is 15.3. The van der Waals surface area contributed by atoms with Crippen molar-refractivity contribution in [3.8, 4) is 0 Å². The van der Waals surface area contributed by atoms with E-state index in [9.17, 15) is 4.79 Å². The maximum atomic E-state index is 11.5. The molecule has 1 rings (SSSR count). The van der Waals surface area contributed by atoms with Gasteiger partial charge in [0.2, 0.25) is 5.91 Å². The van der Waals surface area contributed by atoms with Gasteiger partial charge in [0.05, 0.1) is 16.7 Å². The van der Waals surface area contributed by atoms with Crippen molar-refractivity contribution in [2.45, 2.75) is 25.1 Å². The maximum Gasteiger partial charge on any atom is 0.238 e. The Kier molecular flexibility index (Phi) is 4.07. The van der Waals surface area contributed by atoms with Gasteiger partial charge in [-0.2, -0.15) is 0 Å². The number of alkyl halides is 1. The molecule has 1 amide bonds. The standard InChI is InChI=1S/C10H13BrN2O/c1-3-8(11)10(14)13-9-6-12-5-4-7(9)2/h4-6,8H,3H2,1-2H3,(H,13,14). The Morgan fingerprint density at radius 3 is 3.00 bits per heavy atom. The van der Waals surface area contributed by atoms with Crippen molar-refractivity contribution >= 4 is 27.5 Å². The van der Waals surface area contributed by atoms with Gasteiger partial charge in [0.1, 0.15) is 0 Å². The molecule has 0 spiro atoms. The summed E-state index contributed by atoms with van der Waals surface area (Å²) in [5, 5.41) is 2.81. The predicted molar refractivity (Wildman–Crippen MR) is 60.6 cm³/mol. The number of pyridine rings is 1. The van der Waals surface area contributed by atoms with Crippen LogP contribution in [0.2, 0.25) is 0 Å². The largest absolute Gasteiger partial charge is 0.324 e. The van der Waals surface area contributed by atoms with E-state index in [1.807, 2.05) is 19.9 Å². The quantitative estimate of drug-likeness (QED) is 0.845. The Labute approximate surface area is 92.1 Å². The molecule has 0 aliphatic heterocycles. The molecule has 0 radical (unpaired) electrons. The molecule has 0 aromatic carbocycles. The third-order valence-electron chi connectivity index (χ3n) is 1.94. The van der Waals surface area contributed by atoms with Gasteiger partial charge in [-0.3, -0.25) is 9.78 Å². The molecule has 1 aromatic heterocycles. The summed E-state index contributed by atoms with van der Waals surface area (Å²) in [7, 11) is 0. The van der Waals surface area contributed by atoms with Crippen LogP contribution in [0.5, 0.6) is 0 Å². The van der Waals surface area contributed by atoms with Crippen molar-refractivity contribution in [2.75, 3.05) is 5.32 Å². The number of aromatic nitrogens is 1. The Morgan fingerprint density at radius 1 is 1.71 bits per heavy atom. The van der Waals surface area contributed by atoms with Crippen molar-refractivity contribution in [1.29, 1.82) is 0 Å². The molecule has 0 aliphatic carbocycles. The van der Waals surface area contributed by atoms with Crippen molar-refractivity contribution in [2.24, 2.45) is 0 Å². The number of carbonyl (C=O) groups is 1. The Bertz CT molecular complexity index is 328. The molecule has 1 N–H and O–H groups in total. The van der Waals surface area contributed by atoms with Gasteiger partial charge in [-0.05, 0) is 25.0 Å². The predicted octanol–water partition coefficient (Wildman–Crippen LogP) is 2.50. The molecular formula is C10H13BrN2O. The summed E-state index contributed by atoms with van der Waals surface area (Å²) in [5.41, 5.74) is 1.79. The summed E-state index contributed by atoms with van der Waals surface area (Å²) in [5.74, 6) is -0.0244. The van der Waals surface area contributed by atoms with Crippen LogP contribution >= 0.6 is 15.9 Å². The second-order valence-corrected chi connectivity index (χ2v) is 4.16. The van der Waals surface area contributed by atoms with Crippen molar-refractivity contribution < 1.29 is 4.79 Å². The molecular weight excluding hydrogens is 244 g/mol. The number of amides is 1. The van der Waals surface area contributed by atoms with Crippen molar-refractivity contribution in [1.82, 2.24) is 4.98 Å². The first-order valence-corrected chi connectivity index (χ1v) is 5.42. The summed E-state index contributed by atoms with van der Waals surface area (Å²) >= 11 is 3.29. The van der Waals surface area contributed by atoms with E-state index in [4.69, 9.17) is 0 Å². The smallest absolute Gasteiger partial charge is 0.238 e. The molecule has 0 fully saturated rings. The number of anilines is 1. The topological polar surface area (TPSA) is 42.0 Å². The number of halogens is 1. The van der Waals surface area contributed by atoms with E-state index >= 15 is 0 Å². The van der Waals surface area contributed by atoms with E-state index in [1.165, 1.54) is 0 Å². The van der Waals surface area contributed by atoms with E-state index in [-0.39, 0.29) is 10.7 Å². The number of aryl methyl sites for hydroxylation is 1. The second kappa shape index (κ2) is 5.10. The lowest BCUT2D eigenvalue weighted by molar-refractivity contribution is -0.115. The SMILES string of the molecule is CCC(Br)C(=O)Nc1cnccc1C. The molecule has 3 nitrogen and oxygen atoms in total. The highest BCUT2D eigenvalue weighted by atomic mass is 79.9. The van der Waals surface area contributed by atoms with Crippen molar-refractivity contribution in [3.05, 3.63) is 24.0 Å². The van der Waals surface area contributed by atoms with Crippen LogP contribution < -0.4 is 5.32 Å². The average molecular weight is 257 g/mol. The lowest BCUT2D eigenvalue weighted by atomic mass is 10.2. The second-order valence-electron chi connectivity index (χ2n) is 3.06. The van der Waals surface area contributed by atoms with Gasteiger partial charge in [0.15, 0.2) is 0 Å². The lowest BCUT2D eigenvalue weighted by Crippen LogP contribution is -2.22. The highest BCUT2D eigenvalue weighted by Gasteiger charge is 2.12. The summed E-state index contributed by atoms with van der Waals surface area (Å²) in [6.07, 6.45) is 4.13. The average Bonchev–Trinajstić information content (AvgIpc) is 2.20. The van der Waals surface area contributed by atoms with Crippen LogP contribution in [0.15, 0.2) is 18.5 Å². The molecule has 0 saturated carbocycles. The molecule has 0 bridgehead atoms. The molecule has 1 aromatic rings. The molecule has 1 unspecified atom stereocenters. The number of hydrogen-bond donors (Lipinski definition) is 1. The van der Waals surface area contributed by atoms with Gasteiger partial charge >= 0.3 is 0 Å². The molecule has 76 valence electrons. The van der Waals surface area contributed by atoms with Crippen LogP contribution in [-0.4, -0.2) is 15.7 Å². The van der Waals surface area contributed by atoms with Crippen LogP contribution in [-0.2, 0) is 4.79 Å². The molecule has 1 atom stereocenters. The summed E-state index contributed by atoms with van der Waals surface area (Å²) in [6.45, 7) is 3.89. The normalized spacial score (nSPS) is 12.2. The highest BCUT2D eigenvalue weighted by Crippen LogP contribution is 2.14. The minimum absolute atomic E-state index is 0.0244. The summed E-state index contributed by atoms with van der Waals surface area (Å²) < 4.78 is 0. The molecule has 0 aliphatic rings. The number of hydrogen-bond acceptors (Lipinski definition) is 2. The van der Waals surface area contributed by atoms with Crippen LogP contribution in [0.25, 0.3) is 0 Å². The molecule has 4 heteroatoms. The fourth-order valence-electron chi connectivity index (χ4n) is 0.991. The first-order chi connectivity index (χ1) is 6.65. The monoisotopic (exact) mass is 256 g/mol. The zero-order valence-corrected chi connectivity index (χ0v) is 9.84. The van der Waals surface area contributed by atoms with Gasteiger partial charge in [0.25, 0.3) is 0 Å². The molecule has 14 heavy (non-hydrogen) atoms. The Balaban J connectivity index is 2.70. The minimum atomic E-state index is -0.137. The van der Waals surface area contributed by atoms with E-state index in [0.29, 0.717) is 0 Å². The van der Waals surface area contributed by atoms with Crippen LogP contribution in [0.4, 0.5) is 5.69 Å². The number of rotatable bonds is 3. The van der Waals surface area contributed by atoms with Crippen LogP contribution in [0.3, 0.4) is 0 Å². The minimum Gasteiger partial charge on any atom is -0.324 e. The Hall–Kier alpha value is -0.900. The molecule has 0 saturated heterocycles. The fraction of sp³-hybridized carbons (Fsp3) is 0.400. The third-order valence-corrected chi connectivity index (χ3v) is 3.00. The van der Waals surface area contributed by atoms with E-state index < -0.39 is 0 Å². The summed E-state index contributed by atoms with van der Waals surface area (Å²) in [6, 6.07) is 1.87. The van der Waals surface area contributed by atoms with Crippen LogP contribution in [0.1, 0.15) is 18.9 Å². The van der Waals surface area contributed by atoms with E-state index in [2.05, 4.69) is 26.2 Å². The first kappa shape index (κ1) is 11.2. The highest BCUT2D eigenvalue weighted by molar-refractivity contribution is 9.10. The van der Waals surface area contributed by atoms with Crippen molar-refractivity contribution in [3.63, 3.8) is 0 Å². The number of carbonyl (C=O) groups excluding carboxylic acids is 1. The zero-order chi connectivity index (χ0) is 10.6. The van der Waals surface area contributed by atoms with Gasteiger partial charge in [-0.25, -0.2) is 0 Å². The lowest BCUT2D eigenvalue weighted by Gasteiger charge is -2.09. The van der Waals surface area contributed by atoms with E-state index in [1.54, 1.807) is 12.4 Å². The maximum absolute atomic E-state index is 11.5. The van der Waals surface area contributed by atoms with Gasteiger partial charge in [0, 0.05) is 6.20 Å². The van der Waals surface area contributed by atoms with Crippen LogP contribution in [0, 0.1) is 6.92 Å². The Morgan fingerprint density at radius 2 is 2.43 bits per heavy atom. The van der Waals surface area contributed by atoms with E-state index in [0.717, 1.165) is 17.7 Å². The fourth-order valence-corrected chi connectivity index (χ4v) is 1.11. The zero-order valence-electron chi connectivity index (χ0n) is 8.25.